The van der Waals surface area contributed by atoms with E-state index in [4.69, 9.17) is 0 Å². The predicted molar refractivity (Wildman–Crippen MR) is 80.6 cm³/mol. The van der Waals surface area contributed by atoms with Crippen LogP contribution in [-0.2, 0) is 7.05 Å². The van der Waals surface area contributed by atoms with Gasteiger partial charge in [-0.05, 0) is 42.9 Å². The highest BCUT2D eigenvalue weighted by Gasteiger charge is 2.35. The maximum Gasteiger partial charge on any atom is 0.282 e. The van der Waals surface area contributed by atoms with Crippen molar-refractivity contribution in [2.75, 3.05) is 26.0 Å². The molecule has 0 spiro atoms. The minimum absolute atomic E-state index is 0.115. The lowest BCUT2D eigenvalue weighted by Crippen LogP contribution is -2.47. The van der Waals surface area contributed by atoms with Crippen molar-refractivity contribution in [2.45, 2.75) is 31.2 Å². The van der Waals surface area contributed by atoms with Gasteiger partial charge in [0.1, 0.15) is 4.47 Å². The molecule has 2 rings (SSSR count). The van der Waals surface area contributed by atoms with Gasteiger partial charge in [-0.3, -0.25) is 4.79 Å². The van der Waals surface area contributed by atoms with E-state index < -0.39 is 0 Å². The molecular weight excluding hydrogens is 308 g/mol. The molecule has 106 valence electrons. The Morgan fingerprint density at radius 2 is 2.11 bits per heavy atom. The van der Waals surface area contributed by atoms with Crippen LogP contribution in [0.3, 0.4) is 0 Å². The number of hydrogen-bond donors (Lipinski definition) is 1. The standard InChI is InChI=1S/C13H21BrN4O/c1-17(2)13(6-4-5-7-13)9-15-10-8-16-18(3)12(19)11(10)14/h8,15H,4-7,9H2,1-3H3. The molecule has 1 heterocycles. The van der Waals surface area contributed by atoms with E-state index in [9.17, 15) is 4.79 Å². The Morgan fingerprint density at radius 3 is 2.68 bits per heavy atom. The molecule has 0 saturated heterocycles. The van der Waals surface area contributed by atoms with Crippen molar-refractivity contribution in [3.05, 3.63) is 21.0 Å². The number of hydrogen-bond acceptors (Lipinski definition) is 4. The zero-order valence-electron chi connectivity index (χ0n) is 11.7. The summed E-state index contributed by atoms with van der Waals surface area (Å²) >= 11 is 3.35. The SMILES string of the molecule is CN(C)C1(CNc2cnn(C)c(=O)c2Br)CCCC1. The molecule has 0 aromatic carbocycles. The van der Waals surface area contributed by atoms with Crippen LogP contribution in [0, 0.1) is 0 Å². The molecular formula is C13H21BrN4O. The first-order valence-electron chi connectivity index (χ1n) is 6.59. The third kappa shape index (κ3) is 2.84. The summed E-state index contributed by atoms with van der Waals surface area (Å²) in [5, 5.41) is 7.43. The summed E-state index contributed by atoms with van der Waals surface area (Å²) < 4.78 is 1.88. The normalized spacial score (nSPS) is 17.9. The quantitative estimate of drug-likeness (QED) is 0.916. The van der Waals surface area contributed by atoms with Crippen LogP contribution in [0.25, 0.3) is 0 Å². The molecule has 1 N–H and O–H groups in total. The van der Waals surface area contributed by atoms with Crippen molar-refractivity contribution in [2.24, 2.45) is 7.05 Å². The lowest BCUT2D eigenvalue weighted by Gasteiger charge is -2.36. The largest absolute Gasteiger partial charge is 0.381 e. The van der Waals surface area contributed by atoms with E-state index in [0.717, 1.165) is 12.2 Å². The first-order chi connectivity index (χ1) is 8.96. The van der Waals surface area contributed by atoms with Gasteiger partial charge in [0.05, 0.1) is 11.9 Å². The molecule has 0 atom stereocenters. The first-order valence-corrected chi connectivity index (χ1v) is 7.39. The summed E-state index contributed by atoms with van der Waals surface area (Å²) in [7, 11) is 5.91. The number of aryl methyl sites for hydroxylation is 1. The van der Waals surface area contributed by atoms with Gasteiger partial charge in [0.15, 0.2) is 0 Å². The zero-order chi connectivity index (χ0) is 14.0. The number of nitrogens with zero attached hydrogens (tertiary/aromatic N) is 3. The third-order valence-corrected chi connectivity index (χ3v) is 4.94. The van der Waals surface area contributed by atoms with Crippen LogP contribution in [0.5, 0.6) is 0 Å². The number of rotatable bonds is 4. The van der Waals surface area contributed by atoms with E-state index in [-0.39, 0.29) is 11.1 Å². The molecule has 0 radical (unpaired) electrons. The smallest absolute Gasteiger partial charge is 0.282 e. The van der Waals surface area contributed by atoms with Gasteiger partial charge in [-0.2, -0.15) is 5.10 Å². The highest BCUT2D eigenvalue weighted by atomic mass is 79.9. The fourth-order valence-corrected chi connectivity index (χ4v) is 3.21. The van der Waals surface area contributed by atoms with Crippen molar-refractivity contribution in [1.29, 1.82) is 0 Å². The number of nitrogens with one attached hydrogen (secondary N) is 1. The Bertz CT molecular complexity index is 506. The predicted octanol–water partition coefficient (Wildman–Crippen LogP) is 1.83. The molecule has 1 saturated carbocycles. The molecule has 0 amide bonds. The second-order valence-corrected chi connectivity index (χ2v) is 6.27. The second kappa shape index (κ2) is 5.63. The third-order valence-electron chi connectivity index (χ3n) is 4.17. The van der Waals surface area contributed by atoms with Crippen molar-refractivity contribution in [1.82, 2.24) is 14.7 Å². The van der Waals surface area contributed by atoms with Crippen molar-refractivity contribution >= 4 is 21.6 Å². The molecule has 0 bridgehead atoms. The topological polar surface area (TPSA) is 50.2 Å². The van der Waals surface area contributed by atoms with Gasteiger partial charge < -0.3 is 10.2 Å². The monoisotopic (exact) mass is 328 g/mol. The summed E-state index contributed by atoms with van der Waals surface area (Å²) in [6.45, 7) is 0.841. The summed E-state index contributed by atoms with van der Waals surface area (Å²) in [6, 6.07) is 0. The van der Waals surface area contributed by atoms with E-state index in [1.54, 1.807) is 13.2 Å². The Balaban J connectivity index is 2.14. The van der Waals surface area contributed by atoms with Gasteiger partial charge in [-0.1, -0.05) is 12.8 Å². The maximum absolute atomic E-state index is 11.8. The zero-order valence-corrected chi connectivity index (χ0v) is 13.3. The summed E-state index contributed by atoms with van der Waals surface area (Å²) in [4.78, 5) is 14.1. The van der Waals surface area contributed by atoms with E-state index >= 15 is 0 Å². The molecule has 1 fully saturated rings. The summed E-state index contributed by atoms with van der Waals surface area (Å²) in [5.74, 6) is 0. The van der Waals surface area contributed by atoms with Gasteiger partial charge in [-0.25, -0.2) is 4.68 Å². The highest BCUT2D eigenvalue weighted by molar-refractivity contribution is 9.10. The number of anilines is 1. The second-order valence-electron chi connectivity index (χ2n) is 5.48. The summed E-state index contributed by atoms with van der Waals surface area (Å²) in [6.07, 6.45) is 6.64. The lowest BCUT2D eigenvalue weighted by atomic mass is 9.96. The van der Waals surface area contributed by atoms with Crippen molar-refractivity contribution in [3.63, 3.8) is 0 Å². The minimum atomic E-state index is -0.115. The van der Waals surface area contributed by atoms with E-state index in [1.165, 1.54) is 30.4 Å². The van der Waals surface area contributed by atoms with Gasteiger partial charge in [0.25, 0.3) is 5.56 Å². The Kier molecular flexibility index (Phi) is 4.30. The first kappa shape index (κ1) is 14.5. The van der Waals surface area contributed by atoms with Gasteiger partial charge in [-0.15, -0.1) is 0 Å². The molecule has 5 nitrogen and oxygen atoms in total. The Morgan fingerprint density at radius 1 is 1.47 bits per heavy atom. The molecule has 6 heteroatoms. The van der Waals surface area contributed by atoms with Gasteiger partial charge in [0, 0.05) is 19.1 Å². The van der Waals surface area contributed by atoms with Gasteiger partial charge in [0.2, 0.25) is 0 Å². The molecule has 0 unspecified atom stereocenters. The van der Waals surface area contributed by atoms with E-state index in [1.807, 2.05) is 0 Å². The highest BCUT2D eigenvalue weighted by Crippen LogP contribution is 2.34. The van der Waals surface area contributed by atoms with Crippen LogP contribution in [0.15, 0.2) is 15.5 Å². The fourth-order valence-electron chi connectivity index (χ4n) is 2.71. The van der Waals surface area contributed by atoms with Crippen LogP contribution in [0.2, 0.25) is 0 Å². The van der Waals surface area contributed by atoms with Crippen molar-refractivity contribution < 1.29 is 0 Å². The minimum Gasteiger partial charge on any atom is -0.381 e. The Labute approximate surface area is 122 Å². The van der Waals surface area contributed by atoms with Crippen LogP contribution in [-0.4, -0.2) is 40.9 Å². The van der Waals surface area contributed by atoms with E-state index in [0.29, 0.717) is 4.47 Å². The average Bonchev–Trinajstić information content (AvgIpc) is 2.85. The molecule has 1 aromatic heterocycles. The number of likely N-dealkylation sites (N-methyl/N-ethyl adjacent to an activating group) is 1. The number of halogens is 1. The summed E-state index contributed by atoms with van der Waals surface area (Å²) in [5.41, 5.74) is 0.854. The van der Waals surface area contributed by atoms with Crippen LogP contribution in [0.1, 0.15) is 25.7 Å². The average molecular weight is 329 g/mol. The Hall–Kier alpha value is -0.880. The lowest BCUT2D eigenvalue weighted by molar-refractivity contribution is 0.172. The van der Waals surface area contributed by atoms with Crippen molar-refractivity contribution in [3.8, 4) is 0 Å². The maximum atomic E-state index is 11.8. The number of aromatic nitrogens is 2. The van der Waals surface area contributed by atoms with Crippen LogP contribution in [0.4, 0.5) is 5.69 Å². The van der Waals surface area contributed by atoms with Crippen LogP contribution < -0.4 is 10.9 Å². The molecule has 1 aromatic rings. The molecule has 1 aliphatic carbocycles. The molecule has 1 aliphatic rings. The van der Waals surface area contributed by atoms with Crippen LogP contribution >= 0.6 is 15.9 Å². The van der Waals surface area contributed by atoms with E-state index in [2.05, 4.69) is 45.3 Å². The van der Waals surface area contributed by atoms with Gasteiger partial charge >= 0.3 is 0 Å². The molecule has 0 aliphatic heterocycles. The molecule has 19 heavy (non-hydrogen) atoms. The fraction of sp³-hybridized carbons (Fsp3) is 0.692.